The van der Waals surface area contributed by atoms with E-state index in [1.807, 2.05) is 0 Å². The lowest BCUT2D eigenvalue weighted by atomic mass is 9.72. The molecule has 4 rings (SSSR count). The second-order valence-electron chi connectivity index (χ2n) is 7.56. The van der Waals surface area contributed by atoms with Crippen LogP contribution < -0.4 is 0 Å². The van der Waals surface area contributed by atoms with Gasteiger partial charge in [-0.3, -0.25) is 4.90 Å². The first-order valence-electron chi connectivity index (χ1n) is 8.67. The van der Waals surface area contributed by atoms with Crippen molar-refractivity contribution in [2.24, 2.45) is 11.8 Å². The third-order valence-electron chi connectivity index (χ3n) is 6.12. The maximum absolute atomic E-state index is 2.88. The normalized spacial score (nSPS) is 37.6. The van der Waals surface area contributed by atoms with Crippen LogP contribution in [0, 0.1) is 11.8 Å². The molecule has 1 aliphatic carbocycles. The molecule has 2 unspecified atom stereocenters. The van der Waals surface area contributed by atoms with E-state index in [1.165, 1.54) is 58.2 Å². The van der Waals surface area contributed by atoms with Crippen LogP contribution in [0.4, 0.5) is 0 Å². The molecular weight excluding hydrogens is 232 g/mol. The second kappa shape index (κ2) is 5.73. The first-order valence-corrected chi connectivity index (χ1v) is 8.67. The molecule has 4 aliphatic rings. The van der Waals surface area contributed by atoms with Crippen molar-refractivity contribution in [3.05, 3.63) is 0 Å². The van der Waals surface area contributed by atoms with Gasteiger partial charge in [0.15, 0.2) is 0 Å². The molecule has 0 aromatic heterocycles. The zero-order valence-corrected chi connectivity index (χ0v) is 13.1. The van der Waals surface area contributed by atoms with Crippen molar-refractivity contribution in [1.29, 1.82) is 0 Å². The van der Waals surface area contributed by atoms with E-state index in [2.05, 4.69) is 30.6 Å². The Bertz CT molecular complexity index is 282. The van der Waals surface area contributed by atoms with Crippen LogP contribution in [-0.4, -0.2) is 47.6 Å². The van der Waals surface area contributed by atoms with Gasteiger partial charge < -0.3 is 4.90 Å². The summed E-state index contributed by atoms with van der Waals surface area (Å²) in [6.45, 7) is 11.1. The van der Waals surface area contributed by atoms with Crippen molar-refractivity contribution in [3.63, 3.8) is 0 Å². The Hall–Kier alpha value is -0.0800. The van der Waals surface area contributed by atoms with E-state index in [0.717, 1.165) is 30.0 Å². The Morgan fingerprint density at radius 3 is 2.11 bits per heavy atom. The lowest BCUT2D eigenvalue weighted by molar-refractivity contribution is -0.0667. The molecule has 4 fully saturated rings. The summed E-state index contributed by atoms with van der Waals surface area (Å²) < 4.78 is 0. The van der Waals surface area contributed by atoms with Crippen LogP contribution in [0.3, 0.4) is 0 Å². The van der Waals surface area contributed by atoms with Crippen LogP contribution in [0.5, 0.6) is 0 Å². The van der Waals surface area contributed by atoms with Gasteiger partial charge in [-0.2, -0.15) is 0 Å². The molecule has 0 N–H and O–H groups in total. The summed E-state index contributed by atoms with van der Waals surface area (Å²) in [6, 6.07) is 2.67. The van der Waals surface area contributed by atoms with Gasteiger partial charge in [-0.1, -0.05) is 13.3 Å². The van der Waals surface area contributed by atoms with Crippen molar-refractivity contribution in [1.82, 2.24) is 9.80 Å². The Morgan fingerprint density at radius 2 is 1.58 bits per heavy atom. The average molecular weight is 264 g/mol. The van der Waals surface area contributed by atoms with Gasteiger partial charge in [0.25, 0.3) is 0 Å². The fourth-order valence-electron chi connectivity index (χ4n) is 4.66. The highest BCUT2D eigenvalue weighted by atomic mass is 15.3. The van der Waals surface area contributed by atoms with Gasteiger partial charge in [0.1, 0.15) is 0 Å². The highest BCUT2D eigenvalue weighted by Gasteiger charge is 2.45. The number of fused-ring (bicyclic) bond motifs is 2. The Labute approximate surface area is 119 Å². The first kappa shape index (κ1) is 13.9. The molecule has 2 bridgehead atoms. The minimum atomic E-state index is 0.745. The quantitative estimate of drug-likeness (QED) is 0.768. The molecule has 2 heteroatoms. The zero-order valence-electron chi connectivity index (χ0n) is 13.1. The lowest BCUT2D eigenvalue weighted by Crippen LogP contribution is -2.62. The predicted octanol–water partition coefficient (Wildman–Crippen LogP) is 3.37. The second-order valence-corrected chi connectivity index (χ2v) is 7.56. The molecule has 0 radical (unpaired) electrons. The Kier molecular flexibility index (Phi) is 4.19. The van der Waals surface area contributed by atoms with E-state index in [-0.39, 0.29) is 0 Å². The summed E-state index contributed by atoms with van der Waals surface area (Å²) in [5, 5.41) is 0. The fourth-order valence-corrected chi connectivity index (χ4v) is 4.66. The third-order valence-corrected chi connectivity index (χ3v) is 6.12. The van der Waals surface area contributed by atoms with E-state index in [9.17, 15) is 0 Å². The number of rotatable bonds is 4. The van der Waals surface area contributed by atoms with E-state index < -0.39 is 0 Å². The van der Waals surface area contributed by atoms with Crippen LogP contribution in [-0.2, 0) is 0 Å². The van der Waals surface area contributed by atoms with E-state index in [1.54, 1.807) is 0 Å². The monoisotopic (exact) mass is 264 g/mol. The summed E-state index contributed by atoms with van der Waals surface area (Å²) in [6.07, 6.45) is 8.79. The molecule has 3 heterocycles. The van der Waals surface area contributed by atoms with Crippen molar-refractivity contribution in [2.75, 3.05) is 19.6 Å². The maximum atomic E-state index is 2.88. The molecule has 0 spiro atoms. The SMILES string of the molecule is CCC1CC2CC(C1)N2CC1CCN(C(C)C)CC1. The fraction of sp³-hybridized carbons (Fsp3) is 1.00. The van der Waals surface area contributed by atoms with Crippen molar-refractivity contribution in [3.8, 4) is 0 Å². The largest absolute Gasteiger partial charge is 0.301 e. The molecule has 0 aromatic rings. The van der Waals surface area contributed by atoms with Gasteiger partial charge in [0.05, 0.1) is 0 Å². The number of piperidine rings is 2. The average Bonchev–Trinajstić information content (AvgIpc) is 2.45. The summed E-state index contributed by atoms with van der Waals surface area (Å²) in [5.74, 6) is 2.03. The topological polar surface area (TPSA) is 6.48 Å². The first-order chi connectivity index (χ1) is 9.17. The van der Waals surface area contributed by atoms with Crippen LogP contribution in [0.15, 0.2) is 0 Å². The number of nitrogens with zero attached hydrogens (tertiary/aromatic N) is 2. The van der Waals surface area contributed by atoms with E-state index in [0.29, 0.717) is 0 Å². The van der Waals surface area contributed by atoms with Crippen LogP contribution in [0.1, 0.15) is 59.3 Å². The Balaban J connectivity index is 1.44. The summed E-state index contributed by atoms with van der Waals surface area (Å²) >= 11 is 0. The van der Waals surface area contributed by atoms with Crippen molar-refractivity contribution < 1.29 is 0 Å². The van der Waals surface area contributed by atoms with Gasteiger partial charge in [-0.25, -0.2) is 0 Å². The van der Waals surface area contributed by atoms with Crippen molar-refractivity contribution >= 4 is 0 Å². The van der Waals surface area contributed by atoms with Gasteiger partial charge in [-0.05, 0) is 70.9 Å². The molecule has 1 saturated carbocycles. The molecule has 3 aliphatic heterocycles. The smallest absolute Gasteiger partial charge is 0.0116 e. The van der Waals surface area contributed by atoms with Crippen LogP contribution in [0.2, 0.25) is 0 Å². The minimum absolute atomic E-state index is 0.745. The van der Waals surface area contributed by atoms with Crippen LogP contribution >= 0.6 is 0 Å². The molecule has 2 atom stereocenters. The van der Waals surface area contributed by atoms with Crippen molar-refractivity contribution in [2.45, 2.75) is 77.4 Å². The third kappa shape index (κ3) is 2.85. The minimum Gasteiger partial charge on any atom is -0.301 e. The Morgan fingerprint density at radius 1 is 0.947 bits per heavy atom. The highest BCUT2D eigenvalue weighted by Crippen LogP contribution is 2.43. The summed E-state index contributed by atoms with van der Waals surface area (Å²) in [7, 11) is 0. The molecule has 19 heavy (non-hydrogen) atoms. The number of hydrogen-bond acceptors (Lipinski definition) is 2. The number of likely N-dealkylation sites (tertiary alicyclic amines) is 1. The standard InChI is InChI=1S/C17H32N2/c1-4-14-9-16-11-17(10-14)19(16)12-15-5-7-18(8-6-15)13(2)3/h13-17H,4-12H2,1-3H3. The molecule has 0 aromatic carbocycles. The summed E-state index contributed by atoms with van der Waals surface area (Å²) in [5.41, 5.74) is 0. The lowest BCUT2D eigenvalue weighted by Gasteiger charge is -2.57. The van der Waals surface area contributed by atoms with Gasteiger partial charge in [0, 0.05) is 24.7 Å². The molecule has 2 nitrogen and oxygen atoms in total. The zero-order chi connectivity index (χ0) is 13.4. The van der Waals surface area contributed by atoms with Gasteiger partial charge >= 0.3 is 0 Å². The van der Waals surface area contributed by atoms with E-state index >= 15 is 0 Å². The van der Waals surface area contributed by atoms with Gasteiger partial charge in [0.2, 0.25) is 0 Å². The number of hydrogen-bond donors (Lipinski definition) is 0. The molecule has 0 amide bonds. The predicted molar refractivity (Wildman–Crippen MR) is 81.3 cm³/mol. The van der Waals surface area contributed by atoms with Gasteiger partial charge in [-0.15, -0.1) is 0 Å². The highest BCUT2D eigenvalue weighted by molar-refractivity contribution is 5.00. The molecule has 3 saturated heterocycles. The van der Waals surface area contributed by atoms with E-state index in [4.69, 9.17) is 0 Å². The maximum Gasteiger partial charge on any atom is 0.0116 e. The van der Waals surface area contributed by atoms with Crippen LogP contribution in [0.25, 0.3) is 0 Å². The molecule has 110 valence electrons. The summed E-state index contributed by atoms with van der Waals surface area (Å²) in [4.78, 5) is 5.53. The molecular formula is C17H32N2.